The van der Waals surface area contributed by atoms with Gasteiger partial charge >= 0.3 is 17.2 Å². The molecule has 4 bridgehead atoms. The molecular weight excluding hydrogens is 422 g/mol. The highest BCUT2D eigenvalue weighted by Gasteiger charge is 2.56. The van der Waals surface area contributed by atoms with E-state index < -0.39 is 23.3 Å². The van der Waals surface area contributed by atoms with E-state index in [9.17, 15) is 18.4 Å². The lowest BCUT2D eigenvalue weighted by molar-refractivity contribution is -0.433. The van der Waals surface area contributed by atoms with Crippen LogP contribution in [0.2, 0.25) is 0 Å². The molecule has 1 N–H and O–H groups in total. The number of rotatable bonds is 12. The van der Waals surface area contributed by atoms with Crippen LogP contribution in [0.15, 0.2) is 0 Å². The van der Waals surface area contributed by atoms with Crippen LogP contribution in [0.4, 0.5) is 8.78 Å². The lowest BCUT2D eigenvalue weighted by atomic mass is 9.50. The van der Waals surface area contributed by atoms with Crippen molar-refractivity contribution in [3.8, 4) is 0 Å². The maximum atomic E-state index is 13.2. The van der Waals surface area contributed by atoms with Crippen molar-refractivity contribution >= 4 is 24.0 Å². The molecule has 4 aliphatic carbocycles. The van der Waals surface area contributed by atoms with Gasteiger partial charge in [0.1, 0.15) is 17.6 Å². The average molecular weight is 453 g/mol. The first-order chi connectivity index (χ1) is 14.2. The van der Waals surface area contributed by atoms with Gasteiger partial charge in [-0.15, -0.1) is 4.33 Å². The number of unbranched alkanes of at least 4 members (excludes halogenated alkanes) is 3. The molecule has 0 atom stereocenters. The maximum absolute atomic E-state index is 13.2. The number of alkyl halides is 2. The number of ether oxygens (including phenoxy) is 2. The zero-order valence-corrected chi connectivity index (χ0v) is 18.0. The van der Waals surface area contributed by atoms with Gasteiger partial charge in [0.2, 0.25) is 0 Å². The molecule has 4 fully saturated rings. The first-order valence-electron chi connectivity index (χ1n) is 10.7. The fourth-order valence-electron chi connectivity index (χ4n) is 5.65. The fourth-order valence-corrected chi connectivity index (χ4v) is 5.89. The largest absolute Gasteiger partial charge is 0.460 e. The highest BCUT2D eigenvalue weighted by Crippen LogP contribution is 2.59. The first kappa shape index (κ1) is 23.7. The molecule has 0 aliphatic heterocycles. The normalized spacial score (nSPS) is 32.3. The van der Waals surface area contributed by atoms with Gasteiger partial charge in [0.25, 0.3) is 0 Å². The van der Waals surface area contributed by atoms with Crippen molar-refractivity contribution < 1.29 is 42.5 Å². The van der Waals surface area contributed by atoms with Gasteiger partial charge in [0, 0.05) is 6.42 Å². The number of halogens is 2. The van der Waals surface area contributed by atoms with Gasteiger partial charge in [-0.3, -0.25) is 4.79 Å². The minimum absolute atomic E-state index is 0.154. The zero-order chi connectivity index (χ0) is 21.8. The summed E-state index contributed by atoms with van der Waals surface area (Å²) in [5, 5.41) is 6.91. The van der Waals surface area contributed by atoms with Crippen LogP contribution in [0, 0.1) is 23.7 Å². The number of hydrogen-bond donors (Lipinski definition) is 1. The Kier molecular flexibility index (Phi) is 7.97. The van der Waals surface area contributed by atoms with Crippen molar-refractivity contribution in [2.75, 3.05) is 6.61 Å². The molecule has 4 aliphatic rings. The Balaban J connectivity index is 1.26. The van der Waals surface area contributed by atoms with Gasteiger partial charge in [-0.25, -0.2) is 10.1 Å². The topological polar surface area (TPSA) is 91.3 Å². The van der Waals surface area contributed by atoms with Crippen LogP contribution in [0.25, 0.3) is 0 Å². The Labute approximate surface area is 179 Å². The van der Waals surface area contributed by atoms with E-state index in [4.69, 9.17) is 9.99 Å². The van der Waals surface area contributed by atoms with Crippen LogP contribution in [0.5, 0.6) is 0 Å². The molecule has 4 rings (SSSR count). The molecule has 4 saturated carbocycles. The molecule has 0 saturated heterocycles. The fraction of sp³-hybridized carbons (Fsp3) is 0.900. The predicted octanol–water partition coefficient (Wildman–Crippen LogP) is 4.90. The third-order valence-corrected chi connectivity index (χ3v) is 7.51. The van der Waals surface area contributed by atoms with Crippen LogP contribution in [-0.2, 0) is 28.4 Å². The van der Waals surface area contributed by atoms with Crippen molar-refractivity contribution in [3.05, 3.63) is 0 Å². The molecule has 0 amide bonds. The van der Waals surface area contributed by atoms with Crippen molar-refractivity contribution in [1.29, 1.82) is 0 Å². The molecule has 7 nitrogen and oxygen atoms in total. The van der Waals surface area contributed by atoms with E-state index in [0.29, 0.717) is 43.9 Å². The summed E-state index contributed by atoms with van der Waals surface area (Å²) in [6.07, 6.45) is 8.86. The molecule has 0 spiro atoms. The quantitative estimate of drug-likeness (QED) is 0.147. The lowest BCUT2D eigenvalue weighted by Crippen LogP contribution is -2.57. The number of carbonyl (C=O) groups is 2. The minimum atomic E-state index is -3.97. The Morgan fingerprint density at radius 1 is 1.03 bits per heavy atom. The molecule has 172 valence electrons. The van der Waals surface area contributed by atoms with Crippen LogP contribution < -0.4 is 0 Å². The summed E-state index contributed by atoms with van der Waals surface area (Å²) in [5.41, 5.74) is -0.313. The van der Waals surface area contributed by atoms with Gasteiger partial charge in [-0.05, 0) is 75.5 Å². The van der Waals surface area contributed by atoms with Gasteiger partial charge in [0.05, 0.1) is 6.61 Å². The number of carbonyl (C=O) groups excluding carboxylic acids is 2. The highest BCUT2D eigenvalue weighted by atomic mass is 32.2. The predicted molar refractivity (Wildman–Crippen MR) is 103 cm³/mol. The molecule has 10 heteroatoms. The van der Waals surface area contributed by atoms with E-state index in [1.807, 2.05) is 0 Å². The van der Waals surface area contributed by atoms with E-state index in [-0.39, 0.29) is 18.2 Å². The van der Waals surface area contributed by atoms with E-state index >= 15 is 0 Å². The molecule has 0 heterocycles. The summed E-state index contributed by atoms with van der Waals surface area (Å²) in [7, 11) is 0. The molecular formula is C20H30F2O7S. The summed E-state index contributed by atoms with van der Waals surface area (Å²) in [5.74, 6) is 0.720. The van der Waals surface area contributed by atoms with Crippen molar-refractivity contribution in [2.24, 2.45) is 23.7 Å². The highest BCUT2D eigenvalue weighted by molar-refractivity contribution is 7.96. The first-order valence-corrected chi connectivity index (χ1v) is 11.4. The monoisotopic (exact) mass is 452 g/mol. The lowest BCUT2D eigenvalue weighted by Gasteiger charge is -2.59. The third-order valence-electron chi connectivity index (χ3n) is 7.01. The van der Waals surface area contributed by atoms with Gasteiger partial charge < -0.3 is 9.47 Å². The molecule has 0 radical (unpaired) electrons. The average Bonchev–Trinajstić information content (AvgIpc) is 2.69. The zero-order valence-electron chi connectivity index (χ0n) is 17.1. The molecule has 0 aromatic carbocycles. The van der Waals surface area contributed by atoms with Crippen LogP contribution in [-0.4, -0.2) is 34.7 Å². The Morgan fingerprint density at radius 2 is 1.63 bits per heavy atom. The van der Waals surface area contributed by atoms with E-state index in [1.165, 1.54) is 32.1 Å². The van der Waals surface area contributed by atoms with E-state index in [0.717, 1.165) is 11.8 Å². The molecule has 0 aromatic rings. The van der Waals surface area contributed by atoms with Crippen LogP contribution >= 0.6 is 12.0 Å². The molecule has 0 aromatic heterocycles. The van der Waals surface area contributed by atoms with E-state index in [1.54, 1.807) is 0 Å². The summed E-state index contributed by atoms with van der Waals surface area (Å²) in [6, 6.07) is 0. The Morgan fingerprint density at radius 3 is 2.23 bits per heavy atom. The van der Waals surface area contributed by atoms with Crippen molar-refractivity contribution in [1.82, 2.24) is 0 Å². The SMILES string of the molecule is CC1(OC(=O)CCCCCCOC(=O)C(F)(F)SOOO)C2CC3CC(C2)CC1C3. The van der Waals surface area contributed by atoms with E-state index in [2.05, 4.69) is 21.0 Å². The van der Waals surface area contributed by atoms with Crippen molar-refractivity contribution in [3.63, 3.8) is 0 Å². The smallest absolute Gasteiger partial charge is 0.415 e. The second kappa shape index (κ2) is 10.1. The Bertz CT molecular complexity index is 588. The summed E-state index contributed by atoms with van der Waals surface area (Å²) >= 11 is -0.647. The summed E-state index contributed by atoms with van der Waals surface area (Å²) in [6.45, 7) is 1.96. The summed E-state index contributed by atoms with van der Waals surface area (Å²) in [4.78, 5) is 23.6. The number of hydrogen-bond acceptors (Lipinski definition) is 8. The second-order valence-corrected chi connectivity index (χ2v) is 9.82. The van der Waals surface area contributed by atoms with Gasteiger partial charge in [-0.1, -0.05) is 17.9 Å². The van der Waals surface area contributed by atoms with Crippen LogP contribution in [0.3, 0.4) is 0 Å². The van der Waals surface area contributed by atoms with Gasteiger partial charge in [0.15, 0.2) is 0 Å². The standard InChI is InChI=1S/C20H30F2O7S/c1-19(15-9-13-8-14(11-15)12-16(19)10-13)27-17(23)6-4-2-3-5-7-26-18(24)20(21,22)30-29-28-25/h13-16,25H,2-12H2,1H3. The number of esters is 2. The van der Waals surface area contributed by atoms with Crippen molar-refractivity contribution in [2.45, 2.75) is 82.0 Å². The maximum Gasteiger partial charge on any atom is 0.415 e. The second-order valence-electron chi connectivity index (χ2n) is 9.01. The van der Waals surface area contributed by atoms with Gasteiger partial charge in [-0.2, -0.15) is 8.78 Å². The third kappa shape index (κ3) is 5.63. The summed E-state index contributed by atoms with van der Waals surface area (Å²) < 4.78 is 40.4. The Hall–Kier alpha value is -0.970. The molecule has 30 heavy (non-hydrogen) atoms. The van der Waals surface area contributed by atoms with Crippen LogP contribution in [0.1, 0.15) is 71.1 Å². The molecule has 0 unspecified atom stereocenters. The minimum Gasteiger partial charge on any atom is -0.460 e.